The van der Waals surface area contributed by atoms with Crippen molar-refractivity contribution in [2.75, 3.05) is 25.2 Å². The van der Waals surface area contributed by atoms with Crippen LogP contribution in [-0.4, -0.2) is 94.0 Å². The van der Waals surface area contributed by atoms with Gasteiger partial charge in [0, 0.05) is 5.56 Å². The number of thioether (sulfide) groups is 1. The number of carboxylic acids is 1. The van der Waals surface area contributed by atoms with Crippen LogP contribution in [0.4, 0.5) is 0 Å². The van der Waals surface area contributed by atoms with Crippen LogP contribution < -0.4 is 15.4 Å². The predicted octanol–water partition coefficient (Wildman–Crippen LogP) is -0.290. The van der Waals surface area contributed by atoms with Gasteiger partial charge in [-0.25, -0.2) is 0 Å². The Morgan fingerprint density at radius 3 is 2.66 bits per heavy atom. The average Bonchev–Trinajstić information content (AvgIpc) is 2.84. The molecular weight excluding hydrogens is 480 g/mol. The van der Waals surface area contributed by atoms with Crippen LogP contribution in [0.25, 0.3) is 10.8 Å². The summed E-state index contributed by atoms with van der Waals surface area (Å²) in [5.41, 5.74) is 0.307. The van der Waals surface area contributed by atoms with Crippen molar-refractivity contribution in [2.45, 2.75) is 37.1 Å². The van der Waals surface area contributed by atoms with Crippen molar-refractivity contribution in [3.05, 3.63) is 42.0 Å². The molecule has 0 bridgehead atoms. The third-order valence-electron chi connectivity index (χ3n) is 5.45. The Morgan fingerprint density at radius 1 is 1.17 bits per heavy atom. The zero-order valence-electron chi connectivity index (χ0n) is 18.9. The van der Waals surface area contributed by atoms with Gasteiger partial charge in [0.1, 0.15) is 36.6 Å². The van der Waals surface area contributed by atoms with Gasteiger partial charge in [0.25, 0.3) is 5.91 Å². The standard InChI is InChI=1S/C23H28N2O9S/c1-35-8-7-16(22(32)24-10-18(27)28)25-21(31)15-4-2-3-12-9-13(5-6-14(12)15)34-23-20(30)19(29)17(26)11-33-23/h2-6,9,16-17,19-20,23,26,29-30H,7-8,10-11H2,1H3,(H,24,32)(H,25,31)(H,27,28)/t16-,17+,19-,20+,23-/m0/s1. The molecule has 1 aliphatic rings. The Morgan fingerprint density at radius 2 is 1.94 bits per heavy atom. The maximum atomic E-state index is 13.0. The van der Waals surface area contributed by atoms with Gasteiger partial charge >= 0.3 is 5.97 Å². The number of amides is 2. The highest BCUT2D eigenvalue weighted by molar-refractivity contribution is 7.98. The smallest absolute Gasteiger partial charge is 0.322 e. The molecule has 1 aliphatic heterocycles. The fourth-order valence-electron chi connectivity index (χ4n) is 3.58. The summed E-state index contributed by atoms with van der Waals surface area (Å²) in [4.78, 5) is 36.2. The first-order valence-electron chi connectivity index (χ1n) is 10.9. The summed E-state index contributed by atoms with van der Waals surface area (Å²) in [7, 11) is 0. The number of benzene rings is 2. The van der Waals surface area contributed by atoms with Crippen LogP contribution in [0.5, 0.6) is 5.75 Å². The summed E-state index contributed by atoms with van der Waals surface area (Å²) in [6.07, 6.45) is -3.06. The van der Waals surface area contributed by atoms with Gasteiger partial charge < -0.3 is 40.5 Å². The van der Waals surface area contributed by atoms with Crippen LogP contribution in [-0.2, 0) is 14.3 Å². The van der Waals surface area contributed by atoms with Crippen LogP contribution in [0.15, 0.2) is 36.4 Å². The van der Waals surface area contributed by atoms with Crippen LogP contribution in [0, 0.1) is 0 Å². The monoisotopic (exact) mass is 508 g/mol. The molecule has 35 heavy (non-hydrogen) atoms. The molecule has 6 N–H and O–H groups in total. The number of fused-ring (bicyclic) bond motifs is 1. The number of carboxylic acid groups (broad SMARTS) is 1. The van der Waals surface area contributed by atoms with Crippen LogP contribution in [0.2, 0.25) is 0 Å². The van der Waals surface area contributed by atoms with Crippen molar-refractivity contribution in [3.8, 4) is 5.75 Å². The van der Waals surface area contributed by atoms with Crippen LogP contribution in [0.1, 0.15) is 16.8 Å². The second kappa shape index (κ2) is 12.2. The number of rotatable bonds is 10. The molecular formula is C23H28N2O9S. The molecule has 0 radical (unpaired) electrons. The third-order valence-corrected chi connectivity index (χ3v) is 6.09. The molecule has 0 saturated carbocycles. The molecule has 0 spiro atoms. The van der Waals surface area contributed by atoms with E-state index < -0.39 is 55.0 Å². The minimum absolute atomic E-state index is 0.196. The molecule has 1 saturated heterocycles. The van der Waals surface area contributed by atoms with E-state index in [0.717, 1.165) is 0 Å². The van der Waals surface area contributed by atoms with Gasteiger partial charge in [-0.3, -0.25) is 14.4 Å². The van der Waals surface area contributed by atoms with Crippen molar-refractivity contribution in [1.82, 2.24) is 10.6 Å². The first kappa shape index (κ1) is 26.7. The molecule has 5 atom stereocenters. The van der Waals surface area contributed by atoms with Crippen molar-refractivity contribution >= 4 is 40.3 Å². The van der Waals surface area contributed by atoms with Crippen molar-refractivity contribution in [3.63, 3.8) is 0 Å². The van der Waals surface area contributed by atoms with Crippen molar-refractivity contribution < 1.29 is 44.3 Å². The lowest BCUT2D eigenvalue weighted by atomic mass is 10.0. The lowest BCUT2D eigenvalue weighted by molar-refractivity contribution is -0.242. The lowest BCUT2D eigenvalue weighted by Gasteiger charge is -2.34. The number of aliphatic hydroxyl groups is 3. The number of hydrogen-bond acceptors (Lipinski definition) is 9. The maximum Gasteiger partial charge on any atom is 0.322 e. The van der Waals surface area contributed by atoms with E-state index in [4.69, 9.17) is 14.6 Å². The summed E-state index contributed by atoms with van der Waals surface area (Å²) in [6, 6.07) is 8.95. The number of aliphatic hydroxyl groups excluding tert-OH is 3. The molecule has 190 valence electrons. The highest BCUT2D eigenvalue weighted by atomic mass is 32.2. The SMILES string of the molecule is CSCC[C@H](NC(=O)c1cccc2cc(O[C@@H]3OC[C@@H](O)[C@H](O)[C@H]3O)ccc12)C(=O)NCC(=O)O. The first-order valence-corrected chi connectivity index (χ1v) is 12.2. The van der Waals surface area contributed by atoms with E-state index in [0.29, 0.717) is 34.3 Å². The molecule has 0 unspecified atom stereocenters. The minimum Gasteiger partial charge on any atom is -0.480 e. The van der Waals surface area contributed by atoms with Gasteiger partial charge in [0.2, 0.25) is 12.2 Å². The van der Waals surface area contributed by atoms with Crippen LogP contribution in [0.3, 0.4) is 0 Å². The molecule has 2 aromatic carbocycles. The lowest BCUT2D eigenvalue weighted by Crippen LogP contribution is -2.54. The molecule has 3 rings (SSSR count). The van der Waals surface area contributed by atoms with E-state index in [1.54, 1.807) is 36.4 Å². The second-order valence-corrected chi connectivity index (χ2v) is 8.96. The van der Waals surface area contributed by atoms with Gasteiger partial charge in [-0.1, -0.05) is 12.1 Å². The first-order chi connectivity index (χ1) is 16.7. The Hall–Kier alpha value is -2.90. The Bertz CT molecular complexity index is 1070. The second-order valence-electron chi connectivity index (χ2n) is 7.98. The zero-order valence-corrected chi connectivity index (χ0v) is 19.7. The van der Waals surface area contributed by atoms with Gasteiger partial charge in [-0.05, 0) is 53.5 Å². The Labute approximate surface area is 205 Å². The highest BCUT2D eigenvalue weighted by Crippen LogP contribution is 2.27. The fourth-order valence-corrected chi connectivity index (χ4v) is 4.05. The van der Waals surface area contributed by atoms with Gasteiger partial charge in [-0.15, -0.1) is 0 Å². The van der Waals surface area contributed by atoms with E-state index in [-0.39, 0.29) is 6.61 Å². The normalized spacial score (nSPS) is 22.9. The summed E-state index contributed by atoms with van der Waals surface area (Å²) >= 11 is 1.49. The van der Waals surface area contributed by atoms with Gasteiger partial charge in [-0.2, -0.15) is 11.8 Å². The van der Waals surface area contributed by atoms with Crippen LogP contribution >= 0.6 is 11.8 Å². The van der Waals surface area contributed by atoms with E-state index in [2.05, 4.69) is 10.6 Å². The topological polar surface area (TPSA) is 175 Å². The zero-order chi connectivity index (χ0) is 25.5. The van der Waals surface area contributed by atoms with Gasteiger partial charge in [0.15, 0.2) is 0 Å². The summed E-state index contributed by atoms with van der Waals surface area (Å²) in [5.74, 6) is -1.36. The Balaban J connectivity index is 1.76. The predicted molar refractivity (Wildman–Crippen MR) is 127 cm³/mol. The number of hydrogen-bond donors (Lipinski definition) is 6. The third kappa shape index (κ3) is 6.83. The highest BCUT2D eigenvalue weighted by Gasteiger charge is 2.39. The average molecular weight is 509 g/mol. The molecule has 2 amide bonds. The quantitative estimate of drug-likeness (QED) is 0.250. The van der Waals surface area contributed by atoms with E-state index in [1.165, 1.54) is 11.8 Å². The van der Waals surface area contributed by atoms with E-state index in [1.807, 2.05) is 6.26 Å². The number of carbonyl (C=O) groups excluding carboxylic acids is 2. The summed E-state index contributed by atoms with van der Waals surface area (Å²) in [6.45, 7) is -0.741. The molecule has 12 heteroatoms. The fraction of sp³-hybridized carbons (Fsp3) is 0.435. The number of ether oxygens (including phenoxy) is 2. The van der Waals surface area contributed by atoms with Gasteiger partial charge in [0.05, 0.1) is 6.61 Å². The number of nitrogens with one attached hydrogen (secondary N) is 2. The molecule has 0 aliphatic carbocycles. The van der Waals surface area contributed by atoms with E-state index in [9.17, 15) is 29.7 Å². The largest absolute Gasteiger partial charge is 0.480 e. The number of carbonyl (C=O) groups is 3. The molecule has 11 nitrogen and oxygen atoms in total. The molecule has 2 aromatic rings. The van der Waals surface area contributed by atoms with Crippen molar-refractivity contribution in [1.29, 1.82) is 0 Å². The summed E-state index contributed by atoms with van der Waals surface area (Å²) in [5, 5.41) is 44.5. The van der Waals surface area contributed by atoms with E-state index >= 15 is 0 Å². The molecule has 1 heterocycles. The number of aliphatic carboxylic acids is 1. The van der Waals surface area contributed by atoms with Crippen molar-refractivity contribution in [2.24, 2.45) is 0 Å². The maximum absolute atomic E-state index is 13.0. The molecule has 1 fully saturated rings. The molecule has 0 aromatic heterocycles. The minimum atomic E-state index is -1.45. The Kier molecular flexibility index (Phi) is 9.29. The summed E-state index contributed by atoms with van der Waals surface area (Å²) < 4.78 is 10.9.